The van der Waals surface area contributed by atoms with Gasteiger partial charge in [0.1, 0.15) is 6.04 Å². The maximum absolute atomic E-state index is 11.8. The van der Waals surface area contributed by atoms with Crippen molar-refractivity contribution in [3.05, 3.63) is 34.9 Å². The molecule has 0 aromatic heterocycles. The molecule has 2 N–H and O–H groups in total. The summed E-state index contributed by atoms with van der Waals surface area (Å²) in [6, 6.07) is 6.33. The maximum atomic E-state index is 11.8. The van der Waals surface area contributed by atoms with Crippen LogP contribution in [-0.4, -0.2) is 18.5 Å². The molecular formula is C13H18N2O. The van der Waals surface area contributed by atoms with Crippen LogP contribution in [0.2, 0.25) is 0 Å². The normalized spacial score (nSPS) is 25.3. The zero-order valence-corrected chi connectivity index (χ0v) is 10.0. The summed E-state index contributed by atoms with van der Waals surface area (Å²) in [4.78, 5) is 11.8. The van der Waals surface area contributed by atoms with Crippen LogP contribution in [0, 0.1) is 13.8 Å². The fraction of sp³-hybridized carbons (Fsp3) is 0.462. The van der Waals surface area contributed by atoms with Gasteiger partial charge in [0.2, 0.25) is 5.91 Å². The molecule has 0 bridgehead atoms. The lowest BCUT2D eigenvalue weighted by Gasteiger charge is -2.29. The van der Waals surface area contributed by atoms with E-state index in [4.69, 9.17) is 0 Å². The van der Waals surface area contributed by atoms with Gasteiger partial charge in [-0.15, -0.1) is 0 Å². The molecule has 1 aliphatic rings. The van der Waals surface area contributed by atoms with E-state index in [0.29, 0.717) is 12.6 Å². The van der Waals surface area contributed by atoms with E-state index in [9.17, 15) is 4.79 Å². The van der Waals surface area contributed by atoms with E-state index in [1.54, 1.807) is 0 Å². The lowest BCUT2D eigenvalue weighted by atomic mass is 9.96. The van der Waals surface area contributed by atoms with Crippen LogP contribution in [0.4, 0.5) is 0 Å². The van der Waals surface area contributed by atoms with Crippen LogP contribution in [0.1, 0.15) is 29.7 Å². The monoisotopic (exact) mass is 218 g/mol. The Bertz CT molecular complexity index is 414. The predicted molar refractivity (Wildman–Crippen MR) is 64.3 cm³/mol. The Kier molecular flexibility index (Phi) is 2.97. The van der Waals surface area contributed by atoms with Crippen LogP contribution in [0.25, 0.3) is 0 Å². The van der Waals surface area contributed by atoms with Gasteiger partial charge in [-0.2, -0.15) is 0 Å². The first-order chi connectivity index (χ1) is 7.58. The third-order valence-corrected chi connectivity index (χ3v) is 3.03. The quantitative estimate of drug-likeness (QED) is 0.749. The van der Waals surface area contributed by atoms with Crippen molar-refractivity contribution in [3.63, 3.8) is 0 Å². The highest BCUT2D eigenvalue weighted by molar-refractivity contribution is 5.84. The minimum absolute atomic E-state index is 0.0741. The Morgan fingerprint density at radius 2 is 2.06 bits per heavy atom. The number of carbonyl (C=O) groups is 1. The summed E-state index contributed by atoms with van der Waals surface area (Å²) in [5.74, 6) is 0.0741. The van der Waals surface area contributed by atoms with Crippen LogP contribution < -0.4 is 10.6 Å². The van der Waals surface area contributed by atoms with Crippen molar-refractivity contribution in [2.24, 2.45) is 0 Å². The van der Waals surface area contributed by atoms with Gasteiger partial charge >= 0.3 is 0 Å². The molecular weight excluding hydrogens is 200 g/mol. The minimum Gasteiger partial charge on any atom is -0.353 e. The van der Waals surface area contributed by atoms with E-state index in [0.717, 1.165) is 5.56 Å². The highest BCUT2D eigenvalue weighted by atomic mass is 16.2. The van der Waals surface area contributed by atoms with Crippen molar-refractivity contribution in [2.75, 3.05) is 6.54 Å². The van der Waals surface area contributed by atoms with Gasteiger partial charge in [-0.1, -0.05) is 23.8 Å². The van der Waals surface area contributed by atoms with Crippen molar-refractivity contribution >= 4 is 5.91 Å². The standard InChI is InChI=1S/C13H18N2O/c1-8-4-5-11(9(2)6-8)12-13(16)14-7-10(3)15-12/h4-6,10,12,15H,7H2,1-3H3,(H,14,16). The summed E-state index contributed by atoms with van der Waals surface area (Å²) >= 11 is 0. The van der Waals surface area contributed by atoms with Gasteiger partial charge in [0.15, 0.2) is 0 Å². The van der Waals surface area contributed by atoms with Crippen molar-refractivity contribution in [3.8, 4) is 0 Å². The van der Waals surface area contributed by atoms with Crippen LogP contribution in [0.15, 0.2) is 18.2 Å². The second-order valence-electron chi connectivity index (χ2n) is 4.61. The van der Waals surface area contributed by atoms with Gasteiger partial charge in [-0.05, 0) is 31.9 Å². The number of hydrogen-bond acceptors (Lipinski definition) is 2. The lowest BCUT2D eigenvalue weighted by Crippen LogP contribution is -2.52. The molecule has 0 spiro atoms. The molecule has 16 heavy (non-hydrogen) atoms. The molecule has 2 rings (SSSR count). The first kappa shape index (κ1) is 11.1. The number of amides is 1. The zero-order valence-electron chi connectivity index (χ0n) is 10.0. The van der Waals surface area contributed by atoms with Gasteiger partial charge in [-0.25, -0.2) is 0 Å². The van der Waals surface area contributed by atoms with E-state index in [1.807, 2.05) is 6.07 Å². The van der Waals surface area contributed by atoms with Crippen LogP contribution >= 0.6 is 0 Å². The van der Waals surface area contributed by atoms with E-state index in [1.165, 1.54) is 11.1 Å². The number of aryl methyl sites for hydroxylation is 2. The second kappa shape index (κ2) is 4.26. The molecule has 2 atom stereocenters. The van der Waals surface area contributed by atoms with Crippen molar-refractivity contribution < 1.29 is 4.79 Å². The van der Waals surface area contributed by atoms with Gasteiger partial charge in [0, 0.05) is 12.6 Å². The molecule has 1 heterocycles. The summed E-state index contributed by atoms with van der Waals surface area (Å²) in [7, 11) is 0. The predicted octanol–water partition coefficient (Wildman–Crippen LogP) is 1.45. The minimum atomic E-state index is -0.204. The third kappa shape index (κ3) is 2.09. The molecule has 0 saturated carbocycles. The molecule has 86 valence electrons. The number of rotatable bonds is 1. The smallest absolute Gasteiger partial charge is 0.241 e. The van der Waals surface area contributed by atoms with Gasteiger partial charge in [0.25, 0.3) is 0 Å². The molecule has 1 fully saturated rings. The average molecular weight is 218 g/mol. The highest BCUT2D eigenvalue weighted by Gasteiger charge is 2.27. The van der Waals surface area contributed by atoms with Crippen molar-refractivity contribution in [1.82, 2.24) is 10.6 Å². The molecule has 1 saturated heterocycles. The molecule has 1 aromatic carbocycles. The van der Waals surface area contributed by atoms with Crippen LogP contribution in [0.5, 0.6) is 0 Å². The number of nitrogens with one attached hydrogen (secondary N) is 2. The van der Waals surface area contributed by atoms with Crippen LogP contribution in [0.3, 0.4) is 0 Å². The topological polar surface area (TPSA) is 41.1 Å². The Hall–Kier alpha value is -1.35. The lowest BCUT2D eigenvalue weighted by molar-refractivity contribution is -0.125. The van der Waals surface area contributed by atoms with Crippen LogP contribution in [-0.2, 0) is 4.79 Å². The fourth-order valence-corrected chi connectivity index (χ4v) is 2.16. The molecule has 0 aliphatic carbocycles. The molecule has 1 aliphatic heterocycles. The maximum Gasteiger partial charge on any atom is 0.241 e. The Morgan fingerprint density at radius 3 is 2.75 bits per heavy atom. The number of benzene rings is 1. The Labute approximate surface area is 96.2 Å². The van der Waals surface area contributed by atoms with Gasteiger partial charge in [0.05, 0.1) is 0 Å². The summed E-state index contributed by atoms with van der Waals surface area (Å²) in [5, 5.41) is 6.25. The summed E-state index contributed by atoms with van der Waals surface area (Å²) in [5.41, 5.74) is 3.47. The number of piperazine rings is 1. The van der Waals surface area contributed by atoms with Gasteiger partial charge < -0.3 is 5.32 Å². The third-order valence-electron chi connectivity index (χ3n) is 3.03. The van der Waals surface area contributed by atoms with Gasteiger partial charge in [-0.3, -0.25) is 10.1 Å². The Morgan fingerprint density at radius 1 is 1.31 bits per heavy atom. The average Bonchev–Trinajstić information content (AvgIpc) is 2.22. The highest BCUT2D eigenvalue weighted by Crippen LogP contribution is 2.21. The summed E-state index contributed by atoms with van der Waals surface area (Å²) in [6.07, 6.45) is 0. The summed E-state index contributed by atoms with van der Waals surface area (Å²) in [6.45, 7) is 6.90. The van der Waals surface area contributed by atoms with E-state index in [-0.39, 0.29) is 11.9 Å². The first-order valence-electron chi connectivity index (χ1n) is 5.69. The molecule has 3 heteroatoms. The molecule has 3 nitrogen and oxygen atoms in total. The Balaban J connectivity index is 2.31. The first-order valence-corrected chi connectivity index (χ1v) is 5.69. The van der Waals surface area contributed by atoms with Crippen molar-refractivity contribution in [2.45, 2.75) is 32.9 Å². The van der Waals surface area contributed by atoms with E-state index < -0.39 is 0 Å². The number of carbonyl (C=O) groups excluding carboxylic acids is 1. The molecule has 1 aromatic rings. The van der Waals surface area contributed by atoms with E-state index >= 15 is 0 Å². The molecule has 1 amide bonds. The second-order valence-corrected chi connectivity index (χ2v) is 4.61. The molecule has 0 radical (unpaired) electrons. The molecule has 2 unspecified atom stereocenters. The van der Waals surface area contributed by atoms with Crippen molar-refractivity contribution in [1.29, 1.82) is 0 Å². The summed E-state index contributed by atoms with van der Waals surface area (Å²) < 4.78 is 0. The largest absolute Gasteiger partial charge is 0.353 e. The SMILES string of the molecule is Cc1ccc(C2NC(C)CNC2=O)c(C)c1. The zero-order chi connectivity index (χ0) is 11.7. The fourth-order valence-electron chi connectivity index (χ4n) is 2.16. The van der Waals surface area contributed by atoms with E-state index in [2.05, 4.69) is 43.5 Å². The number of hydrogen-bond donors (Lipinski definition) is 2.